The van der Waals surface area contributed by atoms with Crippen LogP contribution >= 0.6 is 0 Å². The van der Waals surface area contributed by atoms with Crippen molar-refractivity contribution in [2.75, 3.05) is 13.1 Å². The molecule has 1 aliphatic rings. The predicted octanol–water partition coefficient (Wildman–Crippen LogP) is 0.171. The SMILES string of the molecule is Cc1occc1C(=O)N1CCc2n[nH]c(=O)n2CC1. The lowest BCUT2D eigenvalue weighted by Crippen LogP contribution is -2.34. The molecule has 0 fully saturated rings. The minimum atomic E-state index is -0.219. The molecule has 1 aliphatic heterocycles. The smallest absolute Gasteiger partial charge is 0.343 e. The first-order chi connectivity index (χ1) is 9.16. The van der Waals surface area contributed by atoms with Crippen LogP contribution in [0.2, 0.25) is 0 Å². The molecule has 1 N–H and O–H groups in total. The molecule has 0 atom stereocenters. The van der Waals surface area contributed by atoms with Crippen LogP contribution in [-0.4, -0.2) is 38.7 Å². The van der Waals surface area contributed by atoms with Gasteiger partial charge in [0.15, 0.2) is 0 Å². The van der Waals surface area contributed by atoms with Gasteiger partial charge in [-0.1, -0.05) is 0 Å². The van der Waals surface area contributed by atoms with Gasteiger partial charge in [-0.15, -0.1) is 0 Å². The molecule has 0 aromatic carbocycles. The zero-order chi connectivity index (χ0) is 13.4. The summed E-state index contributed by atoms with van der Waals surface area (Å²) in [5, 5.41) is 6.39. The standard InChI is InChI=1S/C12H14N4O3/c1-8-9(3-7-19-8)11(17)15-4-2-10-13-14-12(18)16(10)6-5-15/h3,7H,2,4-6H2,1H3,(H,14,18). The van der Waals surface area contributed by atoms with Crippen LogP contribution in [0.3, 0.4) is 0 Å². The van der Waals surface area contributed by atoms with Crippen molar-refractivity contribution in [3.63, 3.8) is 0 Å². The van der Waals surface area contributed by atoms with Gasteiger partial charge in [-0.25, -0.2) is 9.89 Å². The van der Waals surface area contributed by atoms with Gasteiger partial charge in [0, 0.05) is 26.1 Å². The summed E-state index contributed by atoms with van der Waals surface area (Å²) in [5.41, 5.74) is 0.359. The van der Waals surface area contributed by atoms with E-state index in [1.165, 1.54) is 6.26 Å². The van der Waals surface area contributed by atoms with E-state index in [1.807, 2.05) is 0 Å². The zero-order valence-electron chi connectivity index (χ0n) is 10.5. The fraction of sp³-hybridized carbons (Fsp3) is 0.417. The molecule has 0 saturated heterocycles. The van der Waals surface area contributed by atoms with Gasteiger partial charge in [-0.3, -0.25) is 9.36 Å². The maximum atomic E-state index is 12.3. The number of nitrogens with zero attached hydrogens (tertiary/aromatic N) is 3. The number of fused-ring (bicyclic) bond motifs is 1. The lowest BCUT2D eigenvalue weighted by Gasteiger charge is -2.19. The Morgan fingerprint density at radius 2 is 2.26 bits per heavy atom. The first-order valence-corrected chi connectivity index (χ1v) is 6.14. The molecule has 100 valence electrons. The highest BCUT2D eigenvalue weighted by Gasteiger charge is 2.23. The third-order valence-corrected chi connectivity index (χ3v) is 3.41. The van der Waals surface area contributed by atoms with E-state index in [2.05, 4.69) is 10.2 Å². The fourth-order valence-corrected chi connectivity index (χ4v) is 2.32. The number of amides is 1. The molecule has 0 unspecified atom stereocenters. The van der Waals surface area contributed by atoms with E-state index in [0.717, 1.165) is 0 Å². The Bertz CT molecular complexity index is 667. The molecule has 19 heavy (non-hydrogen) atoms. The van der Waals surface area contributed by atoms with Crippen molar-refractivity contribution in [3.8, 4) is 0 Å². The maximum Gasteiger partial charge on any atom is 0.343 e. The molecule has 7 nitrogen and oxygen atoms in total. The summed E-state index contributed by atoms with van der Waals surface area (Å²) >= 11 is 0. The molecule has 0 spiro atoms. The summed E-state index contributed by atoms with van der Waals surface area (Å²) in [6.07, 6.45) is 2.08. The summed E-state index contributed by atoms with van der Waals surface area (Å²) in [6.45, 7) is 3.28. The van der Waals surface area contributed by atoms with Crippen LogP contribution in [0.15, 0.2) is 21.5 Å². The Kier molecular flexibility index (Phi) is 2.73. The highest BCUT2D eigenvalue weighted by molar-refractivity contribution is 5.95. The van der Waals surface area contributed by atoms with Crippen LogP contribution in [0, 0.1) is 6.92 Å². The Hall–Kier alpha value is -2.31. The zero-order valence-corrected chi connectivity index (χ0v) is 10.5. The van der Waals surface area contributed by atoms with E-state index < -0.39 is 0 Å². The van der Waals surface area contributed by atoms with E-state index in [9.17, 15) is 9.59 Å². The van der Waals surface area contributed by atoms with Crippen molar-refractivity contribution in [1.82, 2.24) is 19.7 Å². The average molecular weight is 262 g/mol. The van der Waals surface area contributed by atoms with Crippen molar-refractivity contribution in [3.05, 3.63) is 40.0 Å². The first kappa shape index (κ1) is 11.8. The molecular weight excluding hydrogens is 248 g/mol. The van der Waals surface area contributed by atoms with Crippen LogP contribution in [0.4, 0.5) is 0 Å². The quantitative estimate of drug-likeness (QED) is 0.794. The lowest BCUT2D eigenvalue weighted by atomic mass is 10.2. The second kappa shape index (κ2) is 4.42. The van der Waals surface area contributed by atoms with Crippen LogP contribution in [0.5, 0.6) is 0 Å². The van der Waals surface area contributed by atoms with Crippen molar-refractivity contribution in [1.29, 1.82) is 0 Å². The van der Waals surface area contributed by atoms with Crippen LogP contribution in [0.25, 0.3) is 0 Å². The molecule has 0 saturated carbocycles. The number of nitrogens with one attached hydrogen (secondary N) is 1. The molecule has 2 aromatic rings. The van der Waals surface area contributed by atoms with E-state index in [0.29, 0.717) is 43.2 Å². The number of hydrogen-bond donors (Lipinski definition) is 1. The molecule has 0 bridgehead atoms. The van der Waals surface area contributed by atoms with Gasteiger partial charge in [-0.05, 0) is 13.0 Å². The summed E-state index contributed by atoms with van der Waals surface area (Å²) in [4.78, 5) is 25.6. The van der Waals surface area contributed by atoms with Gasteiger partial charge < -0.3 is 9.32 Å². The van der Waals surface area contributed by atoms with Crippen molar-refractivity contribution in [2.45, 2.75) is 19.9 Å². The molecule has 3 heterocycles. The van der Waals surface area contributed by atoms with Gasteiger partial charge in [0.25, 0.3) is 5.91 Å². The summed E-state index contributed by atoms with van der Waals surface area (Å²) < 4.78 is 6.73. The Balaban J connectivity index is 1.81. The molecule has 0 aliphatic carbocycles. The molecule has 2 aromatic heterocycles. The minimum Gasteiger partial charge on any atom is -0.469 e. The number of hydrogen-bond acceptors (Lipinski definition) is 4. The average Bonchev–Trinajstić information content (AvgIpc) is 2.89. The Morgan fingerprint density at radius 3 is 3.00 bits per heavy atom. The van der Waals surface area contributed by atoms with E-state index >= 15 is 0 Å². The number of rotatable bonds is 1. The van der Waals surface area contributed by atoms with Gasteiger partial charge in [-0.2, -0.15) is 5.10 Å². The van der Waals surface area contributed by atoms with Crippen LogP contribution in [-0.2, 0) is 13.0 Å². The summed E-state index contributed by atoms with van der Waals surface area (Å²) in [5.74, 6) is 1.25. The van der Waals surface area contributed by atoms with Gasteiger partial charge in [0.2, 0.25) is 0 Å². The highest BCUT2D eigenvalue weighted by Crippen LogP contribution is 2.14. The van der Waals surface area contributed by atoms with E-state index in [1.54, 1.807) is 22.5 Å². The van der Waals surface area contributed by atoms with Gasteiger partial charge in [0.1, 0.15) is 11.6 Å². The first-order valence-electron chi connectivity index (χ1n) is 6.14. The van der Waals surface area contributed by atoms with Crippen LogP contribution in [0.1, 0.15) is 21.9 Å². The second-order valence-corrected chi connectivity index (χ2v) is 4.53. The predicted molar refractivity (Wildman–Crippen MR) is 65.9 cm³/mol. The van der Waals surface area contributed by atoms with Crippen molar-refractivity contribution >= 4 is 5.91 Å². The van der Waals surface area contributed by atoms with Crippen molar-refractivity contribution < 1.29 is 9.21 Å². The number of furan rings is 1. The molecule has 1 amide bonds. The van der Waals surface area contributed by atoms with Crippen LogP contribution < -0.4 is 5.69 Å². The fourth-order valence-electron chi connectivity index (χ4n) is 2.32. The minimum absolute atomic E-state index is 0.0616. The molecule has 7 heteroatoms. The summed E-state index contributed by atoms with van der Waals surface area (Å²) in [7, 11) is 0. The number of aromatic nitrogens is 3. The third-order valence-electron chi connectivity index (χ3n) is 3.41. The number of aryl methyl sites for hydroxylation is 1. The van der Waals surface area contributed by atoms with Gasteiger partial charge >= 0.3 is 5.69 Å². The third kappa shape index (κ3) is 1.96. The lowest BCUT2D eigenvalue weighted by molar-refractivity contribution is 0.0757. The Labute approximate surface area is 108 Å². The number of carbonyl (C=O) groups excluding carboxylic acids is 1. The number of carbonyl (C=O) groups is 1. The number of H-pyrrole nitrogens is 1. The van der Waals surface area contributed by atoms with E-state index in [4.69, 9.17) is 4.42 Å². The molecule has 0 radical (unpaired) electrons. The summed E-state index contributed by atoms with van der Waals surface area (Å²) in [6, 6.07) is 1.67. The topological polar surface area (TPSA) is 84.1 Å². The number of aromatic amines is 1. The molecular formula is C12H14N4O3. The largest absolute Gasteiger partial charge is 0.469 e. The Morgan fingerprint density at radius 1 is 1.42 bits per heavy atom. The second-order valence-electron chi connectivity index (χ2n) is 4.53. The monoisotopic (exact) mass is 262 g/mol. The molecule has 3 rings (SSSR count). The van der Waals surface area contributed by atoms with Crippen molar-refractivity contribution in [2.24, 2.45) is 0 Å². The highest BCUT2D eigenvalue weighted by atomic mass is 16.3. The van der Waals surface area contributed by atoms with Gasteiger partial charge in [0.05, 0.1) is 11.8 Å². The normalized spacial score (nSPS) is 15.1. The maximum absolute atomic E-state index is 12.3. The van der Waals surface area contributed by atoms with E-state index in [-0.39, 0.29) is 11.6 Å².